The van der Waals surface area contributed by atoms with Gasteiger partial charge in [0.25, 0.3) is 0 Å². The molecule has 2 rings (SSSR count). The summed E-state index contributed by atoms with van der Waals surface area (Å²) in [6.45, 7) is 0.133. The molecule has 2 aromatic rings. The van der Waals surface area contributed by atoms with Gasteiger partial charge >= 0.3 is 6.03 Å². The van der Waals surface area contributed by atoms with Crippen LogP contribution in [-0.2, 0) is 6.61 Å². The number of rotatable bonds is 5. The van der Waals surface area contributed by atoms with Gasteiger partial charge in [0.05, 0.1) is 6.21 Å². The standard InChI is InChI=1S/C15H13F2N3O2/c16-12-4-1-10(2-5-12)9-22-14-7-13(17)6-3-11(14)8-19-20-15(18)21/h1-8H,9H2,(H3,18,20,21). The minimum atomic E-state index is -0.813. The van der Waals surface area contributed by atoms with E-state index in [0.29, 0.717) is 5.56 Å². The summed E-state index contributed by atoms with van der Waals surface area (Å²) in [7, 11) is 0. The van der Waals surface area contributed by atoms with Crippen molar-refractivity contribution in [1.29, 1.82) is 0 Å². The highest BCUT2D eigenvalue weighted by Gasteiger charge is 2.05. The van der Waals surface area contributed by atoms with Gasteiger partial charge in [0.15, 0.2) is 0 Å². The Bertz CT molecular complexity index is 688. The Morgan fingerprint density at radius 3 is 2.55 bits per heavy atom. The van der Waals surface area contributed by atoms with Crippen LogP contribution in [-0.4, -0.2) is 12.2 Å². The van der Waals surface area contributed by atoms with Crippen molar-refractivity contribution < 1.29 is 18.3 Å². The maximum absolute atomic E-state index is 13.3. The fraction of sp³-hybridized carbons (Fsp3) is 0.0667. The highest BCUT2D eigenvalue weighted by atomic mass is 19.1. The first-order valence-electron chi connectivity index (χ1n) is 6.30. The smallest absolute Gasteiger partial charge is 0.332 e. The van der Waals surface area contributed by atoms with Crippen molar-refractivity contribution >= 4 is 12.2 Å². The van der Waals surface area contributed by atoms with Crippen LogP contribution in [0.25, 0.3) is 0 Å². The van der Waals surface area contributed by atoms with Crippen molar-refractivity contribution in [2.24, 2.45) is 10.8 Å². The molecular weight excluding hydrogens is 292 g/mol. The van der Waals surface area contributed by atoms with E-state index in [1.807, 2.05) is 5.43 Å². The lowest BCUT2D eigenvalue weighted by Crippen LogP contribution is -2.24. The molecule has 0 fully saturated rings. The predicted octanol–water partition coefficient (Wildman–Crippen LogP) is 2.55. The Morgan fingerprint density at radius 1 is 1.18 bits per heavy atom. The van der Waals surface area contributed by atoms with Gasteiger partial charge in [-0.15, -0.1) is 0 Å². The summed E-state index contributed by atoms with van der Waals surface area (Å²) in [6.07, 6.45) is 1.28. The van der Waals surface area contributed by atoms with Crippen molar-refractivity contribution in [3.63, 3.8) is 0 Å². The van der Waals surface area contributed by atoms with E-state index in [0.717, 1.165) is 5.56 Å². The Balaban J connectivity index is 2.11. The van der Waals surface area contributed by atoms with Crippen LogP contribution in [0.2, 0.25) is 0 Å². The van der Waals surface area contributed by atoms with Crippen molar-refractivity contribution in [3.8, 4) is 5.75 Å². The average molecular weight is 305 g/mol. The second-order valence-corrected chi connectivity index (χ2v) is 4.33. The molecule has 0 aliphatic rings. The number of nitrogens with zero attached hydrogens (tertiary/aromatic N) is 1. The number of carbonyl (C=O) groups excluding carboxylic acids is 1. The van der Waals surface area contributed by atoms with Gasteiger partial charge in [-0.05, 0) is 29.8 Å². The number of hydrogen-bond donors (Lipinski definition) is 2. The average Bonchev–Trinajstić information content (AvgIpc) is 2.48. The molecule has 0 heterocycles. The summed E-state index contributed by atoms with van der Waals surface area (Å²) < 4.78 is 31.6. The molecule has 0 atom stereocenters. The zero-order chi connectivity index (χ0) is 15.9. The van der Waals surface area contributed by atoms with Crippen molar-refractivity contribution in [1.82, 2.24) is 5.43 Å². The molecule has 5 nitrogen and oxygen atoms in total. The molecule has 114 valence electrons. The summed E-state index contributed by atoms with van der Waals surface area (Å²) >= 11 is 0. The van der Waals surface area contributed by atoms with Crippen LogP contribution >= 0.6 is 0 Å². The van der Waals surface area contributed by atoms with Gasteiger partial charge in [-0.2, -0.15) is 5.10 Å². The molecule has 7 heteroatoms. The molecule has 0 radical (unpaired) electrons. The second kappa shape index (κ2) is 7.16. The van der Waals surface area contributed by atoms with E-state index in [1.165, 1.54) is 36.5 Å². The molecule has 0 saturated heterocycles. The number of carbonyl (C=O) groups is 1. The topological polar surface area (TPSA) is 76.7 Å². The van der Waals surface area contributed by atoms with Crippen molar-refractivity contribution in [3.05, 3.63) is 65.2 Å². The van der Waals surface area contributed by atoms with E-state index in [-0.39, 0.29) is 18.2 Å². The zero-order valence-corrected chi connectivity index (χ0v) is 11.4. The molecule has 22 heavy (non-hydrogen) atoms. The number of hydrazone groups is 1. The van der Waals surface area contributed by atoms with Gasteiger partial charge < -0.3 is 10.5 Å². The quantitative estimate of drug-likeness (QED) is 0.658. The lowest BCUT2D eigenvalue weighted by Gasteiger charge is -2.09. The van der Waals surface area contributed by atoms with Crippen LogP contribution in [0.3, 0.4) is 0 Å². The first-order valence-corrected chi connectivity index (χ1v) is 6.30. The number of benzene rings is 2. The van der Waals surface area contributed by atoms with Crippen LogP contribution in [0.4, 0.5) is 13.6 Å². The first kappa shape index (κ1) is 15.4. The largest absolute Gasteiger partial charge is 0.488 e. The van der Waals surface area contributed by atoms with Crippen LogP contribution in [0.1, 0.15) is 11.1 Å². The number of hydrogen-bond acceptors (Lipinski definition) is 3. The van der Waals surface area contributed by atoms with E-state index in [2.05, 4.69) is 5.10 Å². The number of nitrogens with two attached hydrogens (primary N) is 1. The van der Waals surface area contributed by atoms with Gasteiger partial charge in [0.1, 0.15) is 24.0 Å². The first-order chi connectivity index (χ1) is 10.5. The van der Waals surface area contributed by atoms with Crippen LogP contribution < -0.4 is 15.9 Å². The summed E-state index contributed by atoms with van der Waals surface area (Å²) in [5.74, 6) is -0.590. The van der Waals surface area contributed by atoms with E-state index < -0.39 is 11.8 Å². The maximum atomic E-state index is 13.3. The molecule has 3 N–H and O–H groups in total. The lowest BCUT2D eigenvalue weighted by atomic mass is 10.2. The summed E-state index contributed by atoms with van der Waals surface area (Å²) in [4.78, 5) is 10.5. The highest BCUT2D eigenvalue weighted by Crippen LogP contribution is 2.20. The number of primary amides is 1. The third-order valence-corrected chi connectivity index (χ3v) is 2.66. The molecule has 0 bridgehead atoms. The minimum Gasteiger partial charge on any atom is -0.488 e. The zero-order valence-electron chi connectivity index (χ0n) is 11.4. The summed E-state index contributed by atoms with van der Waals surface area (Å²) in [6, 6.07) is 8.81. The van der Waals surface area contributed by atoms with Gasteiger partial charge in [-0.1, -0.05) is 12.1 Å². The predicted molar refractivity (Wildman–Crippen MR) is 77.4 cm³/mol. The monoisotopic (exact) mass is 305 g/mol. The number of nitrogens with one attached hydrogen (secondary N) is 1. The Hall–Kier alpha value is -2.96. The van der Waals surface area contributed by atoms with Gasteiger partial charge in [-0.25, -0.2) is 19.0 Å². The SMILES string of the molecule is NC(=O)NN=Cc1ccc(F)cc1OCc1ccc(F)cc1. The minimum absolute atomic E-state index is 0.133. The van der Waals surface area contributed by atoms with E-state index in [1.54, 1.807) is 12.1 Å². The molecule has 0 unspecified atom stereocenters. The number of ether oxygens (including phenoxy) is 1. The number of amides is 2. The number of urea groups is 1. The van der Waals surface area contributed by atoms with E-state index >= 15 is 0 Å². The van der Waals surface area contributed by atoms with Crippen LogP contribution in [0.5, 0.6) is 5.75 Å². The van der Waals surface area contributed by atoms with Crippen LogP contribution in [0, 0.1) is 11.6 Å². The molecule has 0 aromatic heterocycles. The van der Waals surface area contributed by atoms with Gasteiger partial charge in [-0.3, -0.25) is 0 Å². The third-order valence-electron chi connectivity index (χ3n) is 2.66. The molecular formula is C15H13F2N3O2. The molecule has 2 amide bonds. The maximum Gasteiger partial charge on any atom is 0.332 e. The van der Waals surface area contributed by atoms with Gasteiger partial charge in [0, 0.05) is 11.6 Å². The molecule has 0 aliphatic heterocycles. The highest BCUT2D eigenvalue weighted by molar-refractivity contribution is 5.84. The third kappa shape index (κ3) is 4.55. The lowest BCUT2D eigenvalue weighted by molar-refractivity contribution is 0.249. The fourth-order valence-corrected chi connectivity index (χ4v) is 1.65. The Kier molecular flexibility index (Phi) is 5.02. The summed E-state index contributed by atoms with van der Waals surface area (Å²) in [5, 5.41) is 3.60. The number of halogens is 2. The van der Waals surface area contributed by atoms with E-state index in [4.69, 9.17) is 10.5 Å². The molecule has 0 spiro atoms. The Labute approximate surface area is 125 Å². The van der Waals surface area contributed by atoms with Crippen molar-refractivity contribution in [2.75, 3.05) is 0 Å². The molecule has 0 aliphatic carbocycles. The molecule has 2 aromatic carbocycles. The Morgan fingerprint density at radius 2 is 1.86 bits per heavy atom. The van der Waals surface area contributed by atoms with E-state index in [9.17, 15) is 13.6 Å². The van der Waals surface area contributed by atoms with Crippen LogP contribution in [0.15, 0.2) is 47.6 Å². The van der Waals surface area contributed by atoms with Gasteiger partial charge in [0.2, 0.25) is 0 Å². The second-order valence-electron chi connectivity index (χ2n) is 4.33. The fourth-order valence-electron chi connectivity index (χ4n) is 1.65. The van der Waals surface area contributed by atoms with Crippen molar-refractivity contribution in [2.45, 2.75) is 6.61 Å². The molecule has 0 saturated carbocycles. The summed E-state index contributed by atoms with van der Waals surface area (Å²) in [5.41, 5.74) is 8.09. The normalized spacial score (nSPS) is 10.6.